The maximum atomic E-state index is 12.8. The van der Waals surface area contributed by atoms with Gasteiger partial charge in [0.05, 0.1) is 0 Å². The quantitative estimate of drug-likeness (QED) is 0.841. The fourth-order valence-electron chi connectivity index (χ4n) is 4.09. The second-order valence-corrected chi connectivity index (χ2v) is 8.00. The van der Waals surface area contributed by atoms with E-state index >= 15 is 0 Å². The minimum absolute atomic E-state index is 0.0158. The van der Waals surface area contributed by atoms with Crippen molar-refractivity contribution in [2.45, 2.75) is 45.1 Å². The van der Waals surface area contributed by atoms with E-state index in [-0.39, 0.29) is 23.8 Å². The molecule has 0 saturated carbocycles. The van der Waals surface area contributed by atoms with Crippen molar-refractivity contribution >= 4 is 23.4 Å². The first kappa shape index (κ1) is 20.2. The minimum Gasteiger partial charge on any atom is -0.456 e. The molecule has 3 amide bonds. The monoisotopic (exact) mass is 409 g/mol. The van der Waals surface area contributed by atoms with Crippen LogP contribution in [-0.4, -0.2) is 48.3 Å². The van der Waals surface area contributed by atoms with Gasteiger partial charge in [-0.15, -0.1) is 0 Å². The van der Waals surface area contributed by atoms with Crippen molar-refractivity contribution in [2.24, 2.45) is 0 Å². The third-order valence-electron chi connectivity index (χ3n) is 5.83. The molecular formula is C23H27N3O4. The zero-order valence-electron chi connectivity index (χ0n) is 17.2. The summed E-state index contributed by atoms with van der Waals surface area (Å²) in [4.78, 5) is 40.8. The number of aryl methyl sites for hydroxylation is 1. The van der Waals surface area contributed by atoms with Crippen LogP contribution in [0.25, 0.3) is 0 Å². The Labute approximate surface area is 176 Å². The van der Waals surface area contributed by atoms with Gasteiger partial charge in [-0.1, -0.05) is 0 Å². The molecule has 2 aliphatic heterocycles. The first-order valence-corrected chi connectivity index (χ1v) is 10.6. The van der Waals surface area contributed by atoms with Gasteiger partial charge in [-0.3, -0.25) is 14.4 Å². The Morgan fingerprint density at radius 1 is 1.00 bits per heavy atom. The third kappa shape index (κ3) is 4.40. The molecule has 3 heterocycles. The molecule has 2 saturated heterocycles. The lowest BCUT2D eigenvalue weighted by atomic mass is 10.0. The lowest BCUT2D eigenvalue weighted by Gasteiger charge is -2.32. The molecule has 158 valence electrons. The van der Waals surface area contributed by atoms with Gasteiger partial charge in [-0.2, -0.15) is 0 Å². The summed E-state index contributed by atoms with van der Waals surface area (Å²) in [5, 5.41) is 2.99. The second kappa shape index (κ2) is 8.73. The third-order valence-corrected chi connectivity index (χ3v) is 5.83. The lowest BCUT2D eigenvalue weighted by Crippen LogP contribution is -2.46. The van der Waals surface area contributed by atoms with E-state index in [9.17, 15) is 14.4 Å². The molecule has 0 unspecified atom stereocenters. The van der Waals surface area contributed by atoms with Gasteiger partial charge in [0.2, 0.25) is 5.91 Å². The zero-order chi connectivity index (χ0) is 21.1. The van der Waals surface area contributed by atoms with Gasteiger partial charge in [0.15, 0.2) is 5.76 Å². The number of hydrogen-bond acceptors (Lipinski definition) is 4. The number of amides is 3. The summed E-state index contributed by atoms with van der Waals surface area (Å²) in [6, 6.07) is 10.8. The lowest BCUT2D eigenvalue weighted by molar-refractivity contribution is -0.119. The molecule has 7 heteroatoms. The Kier molecular flexibility index (Phi) is 5.88. The Morgan fingerprint density at radius 3 is 2.37 bits per heavy atom. The maximum Gasteiger partial charge on any atom is 0.287 e. The van der Waals surface area contributed by atoms with Crippen molar-refractivity contribution < 1.29 is 18.8 Å². The van der Waals surface area contributed by atoms with E-state index in [2.05, 4.69) is 5.32 Å². The summed E-state index contributed by atoms with van der Waals surface area (Å²) in [5.74, 6) is 0.942. The largest absolute Gasteiger partial charge is 0.456 e. The van der Waals surface area contributed by atoms with Crippen LogP contribution in [0.1, 0.15) is 58.8 Å². The average Bonchev–Trinajstić information content (AvgIpc) is 3.21. The molecule has 7 nitrogen and oxygen atoms in total. The summed E-state index contributed by atoms with van der Waals surface area (Å²) in [5.41, 5.74) is 1.47. The van der Waals surface area contributed by atoms with Crippen LogP contribution >= 0.6 is 0 Å². The highest BCUT2D eigenvalue weighted by molar-refractivity contribution is 5.97. The van der Waals surface area contributed by atoms with Crippen LogP contribution in [0.15, 0.2) is 40.8 Å². The van der Waals surface area contributed by atoms with Crippen molar-refractivity contribution in [1.82, 2.24) is 10.2 Å². The molecule has 0 aliphatic carbocycles. The van der Waals surface area contributed by atoms with Gasteiger partial charge >= 0.3 is 0 Å². The maximum absolute atomic E-state index is 12.8. The van der Waals surface area contributed by atoms with E-state index in [1.54, 1.807) is 36.1 Å². The molecule has 1 aromatic heterocycles. The molecule has 0 radical (unpaired) electrons. The fourth-order valence-corrected chi connectivity index (χ4v) is 4.09. The van der Waals surface area contributed by atoms with Gasteiger partial charge in [-0.05, 0) is 69.0 Å². The molecule has 2 fully saturated rings. The number of rotatable bonds is 4. The fraction of sp³-hybridized carbons (Fsp3) is 0.435. The van der Waals surface area contributed by atoms with Crippen LogP contribution < -0.4 is 10.2 Å². The minimum atomic E-state index is -0.212. The first-order valence-electron chi connectivity index (χ1n) is 10.6. The topological polar surface area (TPSA) is 82.9 Å². The van der Waals surface area contributed by atoms with Crippen LogP contribution in [0.3, 0.4) is 0 Å². The summed E-state index contributed by atoms with van der Waals surface area (Å²) in [7, 11) is 0. The highest BCUT2D eigenvalue weighted by Gasteiger charge is 2.26. The highest BCUT2D eigenvalue weighted by atomic mass is 16.3. The number of hydrogen-bond donors (Lipinski definition) is 1. The summed E-state index contributed by atoms with van der Waals surface area (Å²) in [6.45, 7) is 3.72. The molecule has 0 atom stereocenters. The van der Waals surface area contributed by atoms with Crippen LogP contribution in [0.5, 0.6) is 0 Å². The van der Waals surface area contributed by atoms with Crippen LogP contribution in [-0.2, 0) is 4.79 Å². The molecule has 4 rings (SSSR count). The molecule has 1 N–H and O–H groups in total. The Morgan fingerprint density at radius 2 is 1.73 bits per heavy atom. The van der Waals surface area contributed by atoms with Crippen LogP contribution in [0.4, 0.5) is 5.69 Å². The van der Waals surface area contributed by atoms with Crippen molar-refractivity contribution in [1.29, 1.82) is 0 Å². The normalized spacial score (nSPS) is 17.8. The standard InChI is InChI=1S/C23H27N3O4/c1-16-5-10-20(30-16)22(28)24-18-11-14-25(15-12-18)23(29)17-6-8-19(9-7-17)26-13-3-2-4-21(26)27/h5-10,18H,2-4,11-15H2,1H3,(H,24,28). The van der Waals surface area contributed by atoms with Gasteiger partial charge in [-0.25, -0.2) is 0 Å². The number of nitrogens with one attached hydrogen (secondary N) is 1. The number of furan rings is 1. The van der Waals surface area contributed by atoms with Gasteiger partial charge < -0.3 is 19.5 Å². The Balaban J connectivity index is 1.30. The second-order valence-electron chi connectivity index (χ2n) is 8.00. The van der Waals surface area contributed by atoms with E-state index in [4.69, 9.17) is 4.42 Å². The molecule has 1 aromatic carbocycles. The Bertz CT molecular complexity index is 926. The van der Waals surface area contributed by atoms with Gasteiger partial charge in [0.25, 0.3) is 11.8 Å². The Hall–Kier alpha value is -3.09. The number of carbonyl (C=O) groups excluding carboxylic acids is 3. The predicted octanol–water partition coefficient (Wildman–Crippen LogP) is 3.14. The number of anilines is 1. The SMILES string of the molecule is Cc1ccc(C(=O)NC2CCN(C(=O)c3ccc(N4CCCCC4=O)cc3)CC2)o1. The van der Waals surface area contributed by atoms with Crippen molar-refractivity contribution in [3.63, 3.8) is 0 Å². The predicted molar refractivity (Wildman–Crippen MR) is 112 cm³/mol. The summed E-state index contributed by atoms with van der Waals surface area (Å²) < 4.78 is 5.36. The van der Waals surface area contributed by atoms with Crippen molar-refractivity contribution in [3.8, 4) is 0 Å². The molecule has 0 bridgehead atoms. The highest BCUT2D eigenvalue weighted by Crippen LogP contribution is 2.22. The smallest absolute Gasteiger partial charge is 0.287 e. The van der Waals surface area contributed by atoms with Gasteiger partial charge in [0, 0.05) is 43.3 Å². The summed E-state index contributed by atoms with van der Waals surface area (Å²) >= 11 is 0. The molecule has 30 heavy (non-hydrogen) atoms. The number of benzene rings is 1. The van der Waals surface area contributed by atoms with Gasteiger partial charge in [0.1, 0.15) is 5.76 Å². The number of carbonyl (C=O) groups is 3. The van der Waals surface area contributed by atoms with Crippen molar-refractivity contribution in [3.05, 3.63) is 53.5 Å². The molecule has 0 spiro atoms. The van der Waals surface area contributed by atoms with E-state index < -0.39 is 0 Å². The number of likely N-dealkylation sites (tertiary alicyclic amines) is 1. The van der Waals surface area contributed by atoms with E-state index in [0.717, 1.165) is 25.1 Å². The molecule has 2 aliphatic rings. The van der Waals surface area contributed by atoms with Crippen LogP contribution in [0, 0.1) is 6.92 Å². The first-order chi connectivity index (χ1) is 14.5. The number of nitrogens with zero attached hydrogens (tertiary/aromatic N) is 2. The van der Waals surface area contributed by atoms with Crippen LogP contribution in [0.2, 0.25) is 0 Å². The summed E-state index contributed by atoms with van der Waals surface area (Å²) in [6.07, 6.45) is 3.96. The number of piperidine rings is 2. The molecule has 2 aromatic rings. The van der Waals surface area contributed by atoms with E-state index in [1.165, 1.54) is 0 Å². The van der Waals surface area contributed by atoms with E-state index in [0.29, 0.717) is 49.4 Å². The average molecular weight is 409 g/mol. The van der Waals surface area contributed by atoms with Crippen molar-refractivity contribution in [2.75, 3.05) is 24.5 Å². The molecular weight excluding hydrogens is 382 g/mol. The van der Waals surface area contributed by atoms with E-state index in [1.807, 2.05) is 17.0 Å². The zero-order valence-corrected chi connectivity index (χ0v) is 17.2.